The summed E-state index contributed by atoms with van der Waals surface area (Å²) in [5, 5.41) is 10.6. The molecule has 27 heavy (non-hydrogen) atoms. The molecule has 2 aromatic carbocycles. The minimum atomic E-state index is -0.532. The fourth-order valence-electron chi connectivity index (χ4n) is 4.77. The molecule has 1 fully saturated rings. The zero-order valence-electron chi connectivity index (χ0n) is 15.7. The third kappa shape index (κ3) is 4.71. The predicted octanol–water partition coefficient (Wildman–Crippen LogP) is 5.11. The van der Waals surface area contributed by atoms with Gasteiger partial charge in [-0.15, -0.1) is 12.4 Å². The lowest BCUT2D eigenvalue weighted by molar-refractivity contribution is 0.117. The first-order valence-electron chi connectivity index (χ1n) is 9.93. The van der Waals surface area contributed by atoms with Gasteiger partial charge in [0.05, 0.1) is 6.10 Å². The average molecular weight is 390 g/mol. The Balaban J connectivity index is 0.00000210. The number of piperidine rings is 1. The molecule has 2 unspecified atom stereocenters. The zero-order chi connectivity index (χ0) is 17.9. The highest BCUT2D eigenvalue weighted by atomic mass is 35.5. The summed E-state index contributed by atoms with van der Waals surface area (Å²) in [6, 6.07) is 15.9. The maximum absolute atomic E-state index is 14.1. The lowest BCUT2D eigenvalue weighted by atomic mass is 9.88. The molecule has 4 rings (SSSR count). The molecule has 0 bridgehead atoms. The Hall–Kier alpha value is -1.42. The number of rotatable bonds is 3. The molecule has 146 valence electrons. The van der Waals surface area contributed by atoms with Gasteiger partial charge in [-0.2, -0.15) is 0 Å². The number of halogens is 2. The van der Waals surface area contributed by atoms with Crippen molar-refractivity contribution in [3.8, 4) is 0 Å². The lowest BCUT2D eigenvalue weighted by Gasteiger charge is -2.34. The number of benzene rings is 2. The second-order valence-corrected chi connectivity index (χ2v) is 7.95. The number of hydrogen-bond acceptors (Lipinski definition) is 2. The molecular formula is C23H29ClFNO. The second kappa shape index (κ2) is 9.18. The molecule has 0 aromatic heterocycles. The van der Waals surface area contributed by atoms with E-state index in [1.807, 2.05) is 6.07 Å². The fraction of sp³-hybridized carbons (Fsp3) is 0.478. The normalized spacial score (nSPS) is 23.9. The van der Waals surface area contributed by atoms with Crippen LogP contribution in [0.4, 0.5) is 4.39 Å². The van der Waals surface area contributed by atoms with E-state index in [9.17, 15) is 9.50 Å². The Labute approximate surface area is 167 Å². The van der Waals surface area contributed by atoms with Crippen molar-refractivity contribution in [2.24, 2.45) is 5.92 Å². The van der Waals surface area contributed by atoms with Crippen molar-refractivity contribution >= 4 is 12.4 Å². The minimum absolute atomic E-state index is 0. The zero-order valence-corrected chi connectivity index (χ0v) is 16.5. The van der Waals surface area contributed by atoms with E-state index in [0.717, 1.165) is 50.0 Å². The van der Waals surface area contributed by atoms with Gasteiger partial charge in [0.1, 0.15) is 5.82 Å². The molecule has 1 aliphatic heterocycles. The Kier molecular flexibility index (Phi) is 6.91. The third-order valence-corrected chi connectivity index (χ3v) is 6.25. The Morgan fingerprint density at radius 1 is 0.963 bits per heavy atom. The quantitative estimate of drug-likeness (QED) is 0.737. The van der Waals surface area contributed by atoms with Crippen LogP contribution in [0, 0.1) is 11.7 Å². The first kappa shape index (κ1) is 20.3. The molecule has 1 heterocycles. The van der Waals surface area contributed by atoms with Crippen molar-refractivity contribution in [1.82, 2.24) is 4.90 Å². The molecular weight excluding hydrogens is 361 g/mol. The van der Waals surface area contributed by atoms with Crippen molar-refractivity contribution in [2.75, 3.05) is 19.6 Å². The SMILES string of the molecule is Cl.OC1CC(CN2CCC(c3ccccc3)CC2)CCc2c(F)cccc21. The molecule has 2 aliphatic rings. The number of likely N-dealkylation sites (tertiary alicyclic amines) is 1. The van der Waals surface area contributed by atoms with Crippen molar-refractivity contribution < 1.29 is 9.50 Å². The second-order valence-electron chi connectivity index (χ2n) is 7.95. The van der Waals surface area contributed by atoms with Gasteiger partial charge in [-0.05, 0) is 79.8 Å². The highest BCUT2D eigenvalue weighted by Crippen LogP contribution is 2.35. The monoisotopic (exact) mass is 389 g/mol. The van der Waals surface area contributed by atoms with E-state index >= 15 is 0 Å². The van der Waals surface area contributed by atoms with Crippen LogP contribution in [0.1, 0.15) is 54.4 Å². The highest BCUT2D eigenvalue weighted by Gasteiger charge is 2.28. The summed E-state index contributed by atoms with van der Waals surface area (Å²) >= 11 is 0. The average Bonchev–Trinajstić information content (AvgIpc) is 2.83. The van der Waals surface area contributed by atoms with Crippen molar-refractivity contribution in [1.29, 1.82) is 0 Å². The number of aliphatic hydroxyl groups is 1. The van der Waals surface area contributed by atoms with Gasteiger partial charge in [0.15, 0.2) is 0 Å². The van der Waals surface area contributed by atoms with Crippen LogP contribution in [-0.4, -0.2) is 29.6 Å². The third-order valence-electron chi connectivity index (χ3n) is 6.25. The summed E-state index contributed by atoms with van der Waals surface area (Å²) in [5.41, 5.74) is 2.99. The number of nitrogens with zero attached hydrogens (tertiary/aromatic N) is 1. The smallest absolute Gasteiger partial charge is 0.126 e. The topological polar surface area (TPSA) is 23.5 Å². The van der Waals surface area contributed by atoms with E-state index in [4.69, 9.17) is 0 Å². The largest absolute Gasteiger partial charge is 0.388 e. The molecule has 2 nitrogen and oxygen atoms in total. The van der Waals surface area contributed by atoms with E-state index in [-0.39, 0.29) is 18.2 Å². The van der Waals surface area contributed by atoms with E-state index in [0.29, 0.717) is 11.8 Å². The van der Waals surface area contributed by atoms with Crippen molar-refractivity contribution in [3.63, 3.8) is 0 Å². The molecule has 4 heteroatoms. The van der Waals surface area contributed by atoms with E-state index in [2.05, 4.69) is 35.2 Å². The standard InChI is InChI=1S/C23H28FNO.ClH/c24-22-8-4-7-21-20(22)10-9-17(15-23(21)26)16-25-13-11-19(12-14-25)18-5-2-1-3-6-18;/h1-8,17,19,23,26H,9-16H2;1H. The molecule has 0 amide bonds. The van der Waals surface area contributed by atoms with Crippen LogP contribution in [0.5, 0.6) is 0 Å². The van der Waals surface area contributed by atoms with Crippen LogP contribution in [0.2, 0.25) is 0 Å². The molecule has 2 atom stereocenters. The van der Waals surface area contributed by atoms with Gasteiger partial charge >= 0.3 is 0 Å². The summed E-state index contributed by atoms with van der Waals surface area (Å²) in [6.45, 7) is 3.26. The summed E-state index contributed by atoms with van der Waals surface area (Å²) in [6.07, 6.45) is 4.32. The maximum Gasteiger partial charge on any atom is 0.126 e. The van der Waals surface area contributed by atoms with Gasteiger partial charge in [-0.1, -0.05) is 42.5 Å². The minimum Gasteiger partial charge on any atom is -0.388 e. The molecule has 1 N–H and O–H groups in total. The summed E-state index contributed by atoms with van der Waals surface area (Å²) in [5.74, 6) is 0.946. The van der Waals surface area contributed by atoms with Gasteiger partial charge in [-0.25, -0.2) is 4.39 Å². The van der Waals surface area contributed by atoms with Gasteiger partial charge in [-0.3, -0.25) is 0 Å². The lowest BCUT2D eigenvalue weighted by Crippen LogP contribution is -2.36. The first-order valence-corrected chi connectivity index (χ1v) is 9.93. The van der Waals surface area contributed by atoms with Gasteiger partial charge in [0.2, 0.25) is 0 Å². The molecule has 0 saturated carbocycles. The predicted molar refractivity (Wildman–Crippen MR) is 110 cm³/mol. The molecule has 1 aliphatic carbocycles. The fourth-order valence-corrected chi connectivity index (χ4v) is 4.77. The molecule has 2 aromatic rings. The number of aliphatic hydroxyl groups excluding tert-OH is 1. The van der Waals surface area contributed by atoms with Crippen molar-refractivity contribution in [3.05, 3.63) is 71.0 Å². The van der Waals surface area contributed by atoms with E-state index in [1.165, 1.54) is 24.5 Å². The molecule has 1 saturated heterocycles. The summed E-state index contributed by atoms with van der Waals surface area (Å²) < 4.78 is 14.1. The van der Waals surface area contributed by atoms with E-state index in [1.54, 1.807) is 6.07 Å². The first-order chi connectivity index (χ1) is 12.7. The van der Waals surface area contributed by atoms with Crippen LogP contribution in [0.3, 0.4) is 0 Å². The number of fused-ring (bicyclic) bond motifs is 1. The van der Waals surface area contributed by atoms with Crippen LogP contribution in [0.15, 0.2) is 48.5 Å². The molecule has 0 spiro atoms. The van der Waals surface area contributed by atoms with Crippen LogP contribution in [0.25, 0.3) is 0 Å². The number of hydrogen-bond donors (Lipinski definition) is 1. The molecule has 0 radical (unpaired) electrons. The Bertz CT molecular complexity index is 730. The Morgan fingerprint density at radius 2 is 1.70 bits per heavy atom. The van der Waals surface area contributed by atoms with Gasteiger partial charge in [0, 0.05) is 6.54 Å². The van der Waals surface area contributed by atoms with Crippen molar-refractivity contribution in [2.45, 2.75) is 44.1 Å². The van der Waals surface area contributed by atoms with E-state index < -0.39 is 6.10 Å². The van der Waals surface area contributed by atoms with Crippen LogP contribution in [-0.2, 0) is 6.42 Å². The maximum atomic E-state index is 14.1. The van der Waals surface area contributed by atoms with Crippen LogP contribution < -0.4 is 0 Å². The summed E-state index contributed by atoms with van der Waals surface area (Å²) in [4.78, 5) is 2.54. The Morgan fingerprint density at radius 3 is 2.44 bits per heavy atom. The van der Waals surface area contributed by atoms with Gasteiger partial charge in [0.25, 0.3) is 0 Å². The summed E-state index contributed by atoms with van der Waals surface area (Å²) in [7, 11) is 0. The van der Waals surface area contributed by atoms with Crippen LogP contribution >= 0.6 is 12.4 Å². The van der Waals surface area contributed by atoms with Gasteiger partial charge < -0.3 is 10.0 Å². The highest BCUT2D eigenvalue weighted by molar-refractivity contribution is 5.85.